The molecule has 3 heterocycles. The SMILES string of the molecule is CC(C)(C)OC(=O)n1cc(-c2cnn(Cc3cccc([N+](=O)[O-])c3)c2)c2cc(-c3cccc(NS(C)(=O)=O)c3)cnc21. The standard InChI is InChI=1S/C29H28N6O6S/c1-29(2,3)41-28(36)34-18-26(22-15-31-33(17-22)16-19-7-5-10-24(11-19)35(37)38)25-13-21(14-30-27(25)34)20-8-6-9-23(12-20)32-42(4,39)40/h5-15,17-18,32H,16H2,1-4H3. The molecule has 0 unspecified atom stereocenters. The summed E-state index contributed by atoms with van der Waals surface area (Å²) in [6.07, 6.45) is 7.18. The van der Waals surface area contributed by atoms with E-state index in [1.54, 1.807) is 80.6 Å². The fourth-order valence-electron chi connectivity index (χ4n) is 4.47. The fraction of sp³-hybridized carbons (Fsp3) is 0.207. The van der Waals surface area contributed by atoms with Gasteiger partial charge in [0.25, 0.3) is 5.69 Å². The van der Waals surface area contributed by atoms with E-state index < -0.39 is 26.6 Å². The van der Waals surface area contributed by atoms with Crippen LogP contribution in [0.5, 0.6) is 0 Å². The van der Waals surface area contributed by atoms with Crippen molar-refractivity contribution in [2.24, 2.45) is 0 Å². The predicted octanol–water partition coefficient (Wildman–Crippen LogP) is 5.68. The summed E-state index contributed by atoms with van der Waals surface area (Å²) in [7, 11) is -3.46. The second kappa shape index (κ2) is 10.7. The Bertz CT molecular complexity index is 1940. The van der Waals surface area contributed by atoms with Crippen molar-refractivity contribution in [3.8, 4) is 22.3 Å². The molecule has 216 valence electrons. The first kappa shape index (κ1) is 28.5. The van der Waals surface area contributed by atoms with Crippen LogP contribution in [0.4, 0.5) is 16.2 Å². The third-order valence-electron chi connectivity index (χ3n) is 6.14. The van der Waals surface area contributed by atoms with E-state index in [0.717, 1.165) is 11.8 Å². The smallest absolute Gasteiger partial charge is 0.420 e. The second-order valence-corrected chi connectivity index (χ2v) is 12.5. The van der Waals surface area contributed by atoms with E-state index in [1.807, 2.05) is 12.1 Å². The number of anilines is 1. The molecule has 12 nitrogen and oxygen atoms in total. The molecule has 0 aliphatic rings. The third-order valence-corrected chi connectivity index (χ3v) is 6.75. The summed E-state index contributed by atoms with van der Waals surface area (Å²) in [4.78, 5) is 28.5. The van der Waals surface area contributed by atoms with Crippen LogP contribution in [-0.2, 0) is 21.3 Å². The lowest BCUT2D eigenvalue weighted by molar-refractivity contribution is -0.384. The Hall–Kier alpha value is -5.04. The zero-order valence-corrected chi connectivity index (χ0v) is 24.1. The Morgan fingerprint density at radius 3 is 2.50 bits per heavy atom. The summed E-state index contributed by atoms with van der Waals surface area (Å²) in [6.45, 7) is 5.63. The van der Waals surface area contributed by atoms with Gasteiger partial charge in [-0.3, -0.25) is 19.5 Å². The molecular formula is C29H28N6O6S. The molecule has 0 aliphatic carbocycles. The minimum atomic E-state index is -3.46. The van der Waals surface area contributed by atoms with Crippen molar-refractivity contribution < 1.29 is 22.9 Å². The van der Waals surface area contributed by atoms with Crippen molar-refractivity contribution in [1.29, 1.82) is 0 Å². The van der Waals surface area contributed by atoms with E-state index in [-0.39, 0.29) is 5.69 Å². The van der Waals surface area contributed by atoms with Crippen molar-refractivity contribution in [3.63, 3.8) is 0 Å². The van der Waals surface area contributed by atoms with Crippen LogP contribution < -0.4 is 4.72 Å². The van der Waals surface area contributed by atoms with Crippen molar-refractivity contribution in [1.82, 2.24) is 19.3 Å². The van der Waals surface area contributed by atoms with E-state index in [4.69, 9.17) is 4.74 Å². The van der Waals surface area contributed by atoms with Gasteiger partial charge in [0.05, 0.1) is 23.9 Å². The van der Waals surface area contributed by atoms with E-state index in [0.29, 0.717) is 45.5 Å². The van der Waals surface area contributed by atoms with Gasteiger partial charge in [0.15, 0.2) is 0 Å². The zero-order chi connectivity index (χ0) is 30.2. The van der Waals surface area contributed by atoms with Gasteiger partial charge < -0.3 is 4.74 Å². The number of hydrogen-bond acceptors (Lipinski definition) is 8. The summed E-state index contributed by atoms with van der Waals surface area (Å²) in [5.41, 5.74) is 3.53. The number of nitrogens with zero attached hydrogens (tertiary/aromatic N) is 5. The van der Waals surface area contributed by atoms with Gasteiger partial charge in [-0.1, -0.05) is 24.3 Å². The van der Waals surface area contributed by atoms with Gasteiger partial charge in [-0.25, -0.2) is 22.8 Å². The summed E-state index contributed by atoms with van der Waals surface area (Å²) >= 11 is 0. The number of carbonyl (C=O) groups excluding carboxylic acids is 1. The number of carbonyl (C=O) groups is 1. The quantitative estimate of drug-likeness (QED) is 0.188. The van der Waals surface area contributed by atoms with Gasteiger partial charge in [0.1, 0.15) is 11.2 Å². The van der Waals surface area contributed by atoms with Crippen molar-refractivity contribution in [2.45, 2.75) is 32.9 Å². The van der Waals surface area contributed by atoms with Crippen LogP contribution in [0, 0.1) is 10.1 Å². The Labute approximate surface area is 241 Å². The summed E-state index contributed by atoms with van der Waals surface area (Å²) in [5, 5.41) is 16.3. The van der Waals surface area contributed by atoms with Crippen LogP contribution in [0.1, 0.15) is 26.3 Å². The minimum Gasteiger partial charge on any atom is -0.443 e. The molecule has 0 fully saturated rings. The number of ether oxygens (including phenoxy) is 1. The van der Waals surface area contributed by atoms with Crippen LogP contribution in [-0.4, -0.2) is 50.6 Å². The molecule has 0 saturated carbocycles. The molecule has 0 bridgehead atoms. The molecule has 42 heavy (non-hydrogen) atoms. The molecule has 5 rings (SSSR count). The normalized spacial score (nSPS) is 11.9. The Balaban J connectivity index is 1.58. The maximum atomic E-state index is 13.1. The third kappa shape index (κ3) is 6.47. The maximum Gasteiger partial charge on any atom is 0.420 e. The molecule has 0 spiro atoms. The molecular weight excluding hydrogens is 560 g/mol. The van der Waals surface area contributed by atoms with Crippen LogP contribution >= 0.6 is 0 Å². The first-order valence-corrected chi connectivity index (χ1v) is 14.7. The number of hydrogen-bond donors (Lipinski definition) is 1. The number of fused-ring (bicyclic) bond motifs is 1. The fourth-order valence-corrected chi connectivity index (χ4v) is 5.02. The summed E-state index contributed by atoms with van der Waals surface area (Å²) in [5.74, 6) is 0. The lowest BCUT2D eigenvalue weighted by atomic mass is 10.0. The number of benzene rings is 2. The minimum absolute atomic E-state index is 0.00489. The van der Waals surface area contributed by atoms with Gasteiger partial charge in [0, 0.05) is 58.5 Å². The average molecular weight is 589 g/mol. The molecule has 0 aliphatic heterocycles. The highest BCUT2D eigenvalue weighted by atomic mass is 32.2. The summed E-state index contributed by atoms with van der Waals surface area (Å²) in [6, 6.07) is 15.1. The molecule has 0 radical (unpaired) electrons. The lowest BCUT2D eigenvalue weighted by Crippen LogP contribution is -2.26. The number of aromatic nitrogens is 4. The van der Waals surface area contributed by atoms with Crippen molar-refractivity contribution >= 4 is 38.5 Å². The highest BCUT2D eigenvalue weighted by molar-refractivity contribution is 7.92. The van der Waals surface area contributed by atoms with Crippen LogP contribution in [0.25, 0.3) is 33.3 Å². The maximum absolute atomic E-state index is 13.1. The van der Waals surface area contributed by atoms with Crippen LogP contribution in [0.15, 0.2) is 79.4 Å². The monoisotopic (exact) mass is 588 g/mol. The van der Waals surface area contributed by atoms with E-state index in [1.165, 1.54) is 16.7 Å². The predicted molar refractivity (Wildman–Crippen MR) is 159 cm³/mol. The van der Waals surface area contributed by atoms with E-state index >= 15 is 0 Å². The number of nitro groups is 1. The van der Waals surface area contributed by atoms with Gasteiger partial charge >= 0.3 is 6.09 Å². The van der Waals surface area contributed by atoms with Gasteiger partial charge in [-0.2, -0.15) is 5.10 Å². The molecule has 1 N–H and O–H groups in total. The lowest BCUT2D eigenvalue weighted by Gasteiger charge is -2.19. The Kier molecular flexibility index (Phi) is 7.29. The van der Waals surface area contributed by atoms with Gasteiger partial charge in [-0.15, -0.1) is 0 Å². The number of nitro benzene ring substituents is 1. The average Bonchev–Trinajstić information content (AvgIpc) is 3.51. The number of nitrogens with one attached hydrogen (secondary N) is 1. The second-order valence-electron chi connectivity index (χ2n) is 10.8. The highest BCUT2D eigenvalue weighted by Gasteiger charge is 2.23. The first-order chi connectivity index (χ1) is 19.8. The Morgan fingerprint density at radius 1 is 1.02 bits per heavy atom. The number of rotatable bonds is 7. The van der Waals surface area contributed by atoms with Crippen molar-refractivity contribution in [2.75, 3.05) is 11.0 Å². The van der Waals surface area contributed by atoms with E-state index in [9.17, 15) is 23.3 Å². The number of sulfonamides is 1. The van der Waals surface area contributed by atoms with E-state index in [2.05, 4.69) is 14.8 Å². The molecule has 2 aromatic carbocycles. The zero-order valence-electron chi connectivity index (χ0n) is 23.3. The first-order valence-electron chi connectivity index (χ1n) is 12.8. The number of pyridine rings is 1. The molecule has 0 saturated heterocycles. The molecule has 3 aromatic heterocycles. The van der Waals surface area contributed by atoms with Crippen LogP contribution in [0.2, 0.25) is 0 Å². The van der Waals surface area contributed by atoms with Crippen LogP contribution in [0.3, 0.4) is 0 Å². The van der Waals surface area contributed by atoms with Gasteiger partial charge in [0.2, 0.25) is 10.0 Å². The largest absolute Gasteiger partial charge is 0.443 e. The highest BCUT2D eigenvalue weighted by Crippen LogP contribution is 2.34. The van der Waals surface area contributed by atoms with Crippen molar-refractivity contribution in [3.05, 3.63) is 95.1 Å². The molecule has 0 atom stereocenters. The topological polar surface area (TPSA) is 151 Å². The number of non-ortho nitro benzene ring substituents is 1. The molecule has 13 heteroatoms. The Morgan fingerprint density at radius 2 is 1.79 bits per heavy atom. The van der Waals surface area contributed by atoms with Gasteiger partial charge in [-0.05, 0) is 50.1 Å². The molecule has 0 amide bonds. The summed E-state index contributed by atoms with van der Waals surface area (Å²) < 4.78 is 34.6. The molecule has 5 aromatic rings.